The number of piperazine rings is 1. The number of ether oxygens (including phenoxy) is 1. The Bertz CT molecular complexity index is 672. The minimum atomic E-state index is -0.488. The van der Waals surface area contributed by atoms with E-state index in [4.69, 9.17) is 4.74 Å². The largest absolute Gasteiger partial charge is 0.444 e. The molecule has 1 aliphatic heterocycles. The Labute approximate surface area is 204 Å². The van der Waals surface area contributed by atoms with Crippen LogP contribution in [-0.2, 0) is 4.74 Å². The summed E-state index contributed by atoms with van der Waals surface area (Å²) in [6.07, 6.45) is -0.407. The third-order valence-corrected chi connectivity index (χ3v) is 4.93. The minimum absolute atomic E-state index is 0. The van der Waals surface area contributed by atoms with Crippen molar-refractivity contribution in [3.63, 3.8) is 0 Å². The van der Waals surface area contributed by atoms with Crippen molar-refractivity contribution in [3.05, 3.63) is 30.3 Å². The molecule has 1 saturated heterocycles. The van der Waals surface area contributed by atoms with E-state index in [0.717, 1.165) is 38.7 Å². The van der Waals surface area contributed by atoms with Gasteiger partial charge in [-0.2, -0.15) is 0 Å². The van der Waals surface area contributed by atoms with Crippen LogP contribution in [0.4, 0.5) is 10.5 Å². The molecule has 0 radical (unpaired) electrons. The lowest BCUT2D eigenvalue weighted by atomic mass is 10.2. The summed E-state index contributed by atoms with van der Waals surface area (Å²) in [6, 6.07) is 11.0. The summed E-state index contributed by atoms with van der Waals surface area (Å²) in [5.74, 6) is 0.732. The van der Waals surface area contributed by atoms with E-state index in [1.165, 1.54) is 5.69 Å². The van der Waals surface area contributed by atoms with E-state index in [1.54, 1.807) is 7.05 Å². The second-order valence-electron chi connectivity index (χ2n) is 8.52. The minimum Gasteiger partial charge on any atom is -0.444 e. The van der Waals surface area contributed by atoms with Crippen molar-refractivity contribution in [2.45, 2.75) is 39.3 Å². The molecule has 1 aromatic carbocycles. The molecule has 3 N–H and O–H groups in total. The number of nitrogens with one attached hydrogen (secondary N) is 3. The van der Waals surface area contributed by atoms with Crippen molar-refractivity contribution in [2.24, 2.45) is 4.99 Å². The number of amides is 1. The molecule has 1 unspecified atom stereocenters. The number of anilines is 1. The molecule has 176 valence electrons. The highest BCUT2D eigenvalue weighted by molar-refractivity contribution is 14.0. The number of nitrogens with zero attached hydrogens (tertiary/aromatic N) is 3. The van der Waals surface area contributed by atoms with Gasteiger partial charge in [0.05, 0.1) is 0 Å². The zero-order valence-electron chi connectivity index (χ0n) is 19.5. The van der Waals surface area contributed by atoms with Crippen LogP contribution in [0.3, 0.4) is 0 Å². The maximum absolute atomic E-state index is 11.7. The fourth-order valence-corrected chi connectivity index (χ4v) is 3.31. The van der Waals surface area contributed by atoms with Gasteiger partial charge in [0.15, 0.2) is 5.96 Å². The highest BCUT2D eigenvalue weighted by atomic mass is 127. The molecule has 1 heterocycles. The van der Waals surface area contributed by atoms with Crippen LogP contribution in [-0.4, -0.2) is 81.5 Å². The second-order valence-corrected chi connectivity index (χ2v) is 8.52. The lowest BCUT2D eigenvalue weighted by molar-refractivity contribution is 0.0529. The summed E-state index contributed by atoms with van der Waals surface area (Å²) in [6.45, 7) is 13.8. The van der Waals surface area contributed by atoms with Gasteiger partial charge < -0.3 is 25.6 Å². The smallest absolute Gasteiger partial charge is 0.407 e. The van der Waals surface area contributed by atoms with Crippen LogP contribution in [0.15, 0.2) is 35.3 Å². The predicted molar refractivity (Wildman–Crippen MR) is 139 cm³/mol. The van der Waals surface area contributed by atoms with Gasteiger partial charge in [0.2, 0.25) is 0 Å². The lowest BCUT2D eigenvalue weighted by Crippen LogP contribution is -2.53. The standard InChI is InChI=1S/C22H38N6O2.HI/c1-18(27-13-15-28(16-14-27)19-9-7-6-8-10-19)17-26-20(23-5)24-11-12-25-21(29)30-22(2,3)4;/h6-10,18H,11-17H2,1-5H3,(H,25,29)(H2,23,24,26);1H. The zero-order chi connectivity index (χ0) is 22.0. The summed E-state index contributed by atoms with van der Waals surface area (Å²) in [5, 5.41) is 9.33. The Hall–Kier alpha value is -1.75. The zero-order valence-corrected chi connectivity index (χ0v) is 21.8. The van der Waals surface area contributed by atoms with E-state index in [-0.39, 0.29) is 24.0 Å². The molecule has 8 nitrogen and oxygen atoms in total. The molecule has 1 aliphatic rings. The number of carbonyl (C=O) groups excluding carboxylic acids is 1. The van der Waals surface area contributed by atoms with Crippen molar-refractivity contribution >= 4 is 41.7 Å². The molecule has 1 fully saturated rings. The molecule has 0 saturated carbocycles. The van der Waals surface area contributed by atoms with Crippen molar-refractivity contribution in [3.8, 4) is 0 Å². The predicted octanol–water partition coefficient (Wildman–Crippen LogP) is 2.50. The quantitative estimate of drug-likeness (QED) is 0.211. The van der Waals surface area contributed by atoms with Gasteiger partial charge >= 0.3 is 6.09 Å². The third-order valence-electron chi connectivity index (χ3n) is 4.93. The Kier molecular flexibility index (Phi) is 12.0. The number of carbonyl (C=O) groups is 1. The Morgan fingerprint density at radius 2 is 1.68 bits per heavy atom. The van der Waals surface area contributed by atoms with Crippen molar-refractivity contribution in [1.82, 2.24) is 20.9 Å². The Morgan fingerprint density at radius 1 is 1.06 bits per heavy atom. The van der Waals surface area contributed by atoms with Gasteiger partial charge in [0.1, 0.15) is 5.60 Å². The monoisotopic (exact) mass is 546 g/mol. The van der Waals surface area contributed by atoms with Gasteiger partial charge in [-0.25, -0.2) is 4.79 Å². The Morgan fingerprint density at radius 3 is 2.26 bits per heavy atom. The number of hydrogen-bond donors (Lipinski definition) is 3. The average molecular weight is 546 g/mol. The SMILES string of the molecule is CN=C(NCCNC(=O)OC(C)(C)C)NCC(C)N1CCN(c2ccccc2)CC1.I. The first-order chi connectivity index (χ1) is 14.3. The second kappa shape index (κ2) is 13.6. The number of para-hydroxylation sites is 1. The van der Waals surface area contributed by atoms with E-state index in [9.17, 15) is 4.79 Å². The number of guanidine groups is 1. The van der Waals surface area contributed by atoms with Crippen LogP contribution in [0.25, 0.3) is 0 Å². The maximum Gasteiger partial charge on any atom is 0.407 e. The molecule has 31 heavy (non-hydrogen) atoms. The third kappa shape index (κ3) is 10.4. The molecule has 1 aromatic rings. The van der Waals surface area contributed by atoms with Gasteiger partial charge in [-0.1, -0.05) is 18.2 Å². The molecule has 0 bridgehead atoms. The van der Waals surface area contributed by atoms with Crippen molar-refractivity contribution in [1.29, 1.82) is 0 Å². The summed E-state index contributed by atoms with van der Waals surface area (Å²) < 4.78 is 5.22. The Balaban J connectivity index is 0.00000480. The molecule has 9 heteroatoms. The topological polar surface area (TPSA) is 81.2 Å². The molecule has 2 rings (SSSR count). The normalized spacial score (nSPS) is 16.2. The highest BCUT2D eigenvalue weighted by Crippen LogP contribution is 2.16. The van der Waals surface area contributed by atoms with Gasteiger partial charge in [-0.3, -0.25) is 9.89 Å². The molecule has 1 amide bonds. The highest BCUT2D eigenvalue weighted by Gasteiger charge is 2.21. The molecular formula is C22H39IN6O2. The number of benzene rings is 1. The first-order valence-corrected chi connectivity index (χ1v) is 10.7. The average Bonchev–Trinajstić information content (AvgIpc) is 2.72. The number of aliphatic imine (C=N–C) groups is 1. The lowest BCUT2D eigenvalue weighted by Gasteiger charge is -2.39. The van der Waals surface area contributed by atoms with E-state index in [0.29, 0.717) is 19.1 Å². The van der Waals surface area contributed by atoms with Crippen LogP contribution >= 0.6 is 24.0 Å². The summed E-state index contributed by atoms with van der Waals surface area (Å²) in [5.41, 5.74) is 0.810. The fourth-order valence-electron chi connectivity index (χ4n) is 3.31. The summed E-state index contributed by atoms with van der Waals surface area (Å²) >= 11 is 0. The van der Waals surface area contributed by atoms with E-state index < -0.39 is 11.7 Å². The summed E-state index contributed by atoms with van der Waals surface area (Å²) in [4.78, 5) is 20.9. The van der Waals surface area contributed by atoms with Crippen LogP contribution in [0, 0.1) is 0 Å². The van der Waals surface area contributed by atoms with Crippen LogP contribution in [0.5, 0.6) is 0 Å². The maximum atomic E-state index is 11.7. The number of halogens is 1. The van der Waals surface area contributed by atoms with Gasteiger partial charge in [-0.05, 0) is 39.8 Å². The summed E-state index contributed by atoms with van der Waals surface area (Å²) in [7, 11) is 1.75. The van der Waals surface area contributed by atoms with E-state index >= 15 is 0 Å². The van der Waals surface area contributed by atoms with Gasteiger partial charge in [0, 0.05) is 64.6 Å². The van der Waals surface area contributed by atoms with Crippen molar-refractivity contribution in [2.75, 3.05) is 57.8 Å². The fraction of sp³-hybridized carbons (Fsp3) is 0.636. The molecule has 1 atom stereocenters. The molecular weight excluding hydrogens is 507 g/mol. The van der Waals surface area contributed by atoms with Crippen LogP contribution in [0.2, 0.25) is 0 Å². The van der Waals surface area contributed by atoms with Crippen LogP contribution < -0.4 is 20.9 Å². The number of alkyl carbamates (subject to hydrolysis) is 1. The van der Waals surface area contributed by atoms with Crippen LogP contribution in [0.1, 0.15) is 27.7 Å². The molecule has 0 aromatic heterocycles. The van der Waals surface area contributed by atoms with Gasteiger partial charge in [-0.15, -0.1) is 24.0 Å². The number of rotatable bonds is 7. The van der Waals surface area contributed by atoms with Crippen molar-refractivity contribution < 1.29 is 9.53 Å². The molecule has 0 aliphatic carbocycles. The number of hydrogen-bond acceptors (Lipinski definition) is 5. The van der Waals surface area contributed by atoms with E-state index in [1.807, 2.05) is 20.8 Å². The first-order valence-electron chi connectivity index (χ1n) is 10.7. The molecule has 0 spiro atoms. The first kappa shape index (κ1) is 27.3. The van der Waals surface area contributed by atoms with Gasteiger partial charge in [0.25, 0.3) is 0 Å². The van der Waals surface area contributed by atoms with E-state index in [2.05, 4.69) is 68.0 Å².